The first kappa shape index (κ1) is 27.4. The first-order chi connectivity index (χ1) is 18.1. The molecule has 1 aliphatic heterocycles. The molecule has 0 N–H and O–H groups in total. The lowest BCUT2D eigenvalue weighted by molar-refractivity contribution is -0.141. The molecule has 0 bridgehead atoms. The maximum Gasteiger partial charge on any atom is 0.419 e. The number of pyridine rings is 1. The van der Waals surface area contributed by atoms with Gasteiger partial charge in [-0.2, -0.15) is 18.2 Å². The van der Waals surface area contributed by atoms with Crippen LogP contribution < -0.4 is 14.7 Å². The molecular formula is C25H25ClF4N6O2. The minimum atomic E-state index is -4.52. The van der Waals surface area contributed by atoms with Crippen LogP contribution in [0.1, 0.15) is 12.5 Å². The number of ether oxygens (including phenoxy) is 1. The zero-order valence-electron chi connectivity index (χ0n) is 20.7. The highest BCUT2D eigenvalue weighted by molar-refractivity contribution is 6.31. The van der Waals surface area contributed by atoms with Gasteiger partial charge in [0.1, 0.15) is 24.0 Å². The topological polar surface area (TPSA) is 74.7 Å². The Morgan fingerprint density at radius 1 is 1.11 bits per heavy atom. The number of likely N-dealkylation sites (N-methyl/N-ethyl adjacent to an activating group) is 1. The lowest BCUT2D eigenvalue weighted by Crippen LogP contribution is -2.47. The molecule has 1 aliphatic rings. The Morgan fingerprint density at radius 3 is 2.47 bits per heavy atom. The molecule has 0 saturated carbocycles. The van der Waals surface area contributed by atoms with Crippen LogP contribution in [0, 0.1) is 5.82 Å². The van der Waals surface area contributed by atoms with E-state index in [0.717, 1.165) is 6.07 Å². The Morgan fingerprint density at radius 2 is 1.82 bits per heavy atom. The third kappa shape index (κ3) is 6.24. The number of piperazine rings is 1. The fourth-order valence-corrected chi connectivity index (χ4v) is 4.23. The maximum atomic E-state index is 13.8. The number of nitrogens with zero attached hydrogens (tertiary/aromatic N) is 6. The monoisotopic (exact) mass is 552 g/mol. The molecule has 0 spiro atoms. The molecule has 0 unspecified atom stereocenters. The summed E-state index contributed by atoms with van der Waals surface area (Å²) in [5.74, 6) is -0.428. The summed E-state index contributed by atoms with van der Waals surface area (Å²) in [6.07, 6.45) is -3.18. The zero-order chi connectivity index (χ0) is 27.4. The molecule has 38 heavy (non-hydrogen) atoms. The van der Waals surface area contributed by atoms with Gasteiger partial charge in [-0.05, 0) is 37.3 Å². The van der Waals surface area contributed by atoms with Gasteiger partial charge in [0.25, 0.3) is 0 Å². The minimum absolute atomic E-state index is 0.0754. The van der Waals surface area contributed by atoms with Crippen LogP contribution in [0.3, 0.4) is 0 Å². The lowest BCUT2D eigenvalue weighted by atomic mass is 10.1. The first-order valence-electron chi connectivity index (χ1n) is 11.8. The lowest BCUT2D eigenvalue weighted by Gasteiger charge is -2.37. The van der Waals surface area contributed by atoms with Gasteiger partial charge in [0.05, 0.1) is 22.9 Å². The molecular weight excluding hydrogens is 528 g/mol. The molecule has 4 rings (SSSR count). The number of hydrogen-bond donors (Lipinski definition) is 0. The predicted molar refractivity (Wildman–Crippen MR) is 136 cm³/mol. The summed E-state index contributed by atoms with van der Waals surface area (Å²) in [6, 6.07) is 8.18. The van der Waals surface area contributed by atoms with E-state index in [-0.39, 0.29) is 43.0 Å². The Kier molecular flexibility index (Phi) is 8.20. The van der Waals surface area contributed by atoms with Crippen molar-refractivity contribution in [2.24, 2.45) is 0 Å². The van der Waals surface area contributed by atoms with Crippen LogP contribution in [0.4, 0.5) is 35.1 Å². The van der Waals surface area contributed by atoms with Gasteiger partial charge >= 0.3 is 12.1 Å². The molecule has 0 aliphatic carbocycles. The number of anilines is 3. The number of hydrogen-bond acceptors (Lipinski definition) is 8. The second-order valence-corrected chi connectivity index (χ2v) is 8.95. The van der Waals surface area contributed by atoms with Gasteiger partial charge in [-0.1, -0.05) is 11.6 Å². The number of halogens is 5. The second kappa shape index (κ2) is 11.4. The van der Waals surface area contributed by atoms with Crippen LogP contribution in [0.25, 0.3) is 11.3 Å². The van der Waals surface area contributed by atoms with E-state index < -0.39 is 23.5 Å². The Hall–Kier alpha value is -3.67. The smallest absolute Gasteiger partial charge is 0.419 e. The minimum Gasteiger partial charge on any atom is -0.465 e. The third-order valence-corrected chi connectivity index (χ3v) is 6.21. The van der Waals surface area contributed by atoms with E-state index in [4.69, 9.17) is 16.3 Å². The number of esters is 1. The molecule has 8 nitrogen and oxygen atoms in total. The van der Waals surface area contributed by atoms with Gasteiger partial charge in [0.15, 0.2) is 0 Å². The van der Waals surface area contributed by atoms with E-state index in [1.54, 1.807) is 24.9 Å². The highest BCUT2D eigenvalue weighted by Gasteiger charge is 2.36. The van der Waals surface area contributed by atoms with Gasteiger partial charge in [0, 0.05) is 51.1 Å². The van der Waals surface area contributed by atoms with Crippen molar-refractivity contribution in [3.63, 3.8) is 0 Å². The fourth-order valence-electron chi connectivity index (χ4n) is 4.05. The van der Waals surface area contributed by atoms with Crippen molar-refractivity contribution >= 4 is 35.2 Å². The molecule has 2 aromatic heterocycles. The van der Waals surface area contributed by atoms with Crippen LogP contribution >= 0.6 is 11.6 Å². The Bertz CT molecular complexity index is 1300. The SMILES string of the molecule is CCOC(=O)CN(C)c1nc(-c2ccc(F)c(Cl)c2)cc(N2CCN(c3ncccc3C(F)(F)F)CC2)n1. The number of aromatic nitrogens is 3. The van der Waals surface area contributed by atoms with Gasteiger partial charge in [0.2, 0.25) is 5.95 Å². The van der Waals surface area contributed by atoms with E-state index >= 15 is 0 Å². The maximum absolute atomic E-state index is 13.8. The molecule has 1 fully saturated rings. The predicted octanol–water partition coefficient (Wildman–Crippen LogP) is 4.68. The number of carbonyl (C=O) groups is 1. The second-order valence-electron chi connectivity index (χ2n) is 8.55. The Labute approximate surface area is 221 Å². The number of carbonyl (C=O) groups excluding carboxylic acids is 1. The van der Waals surface area contributed by atoms with Crippen molar-refractivity contribution < 1.29 is 27.1 Å². The van der Waals surface area contributed by atoms with Crippen molar-refractivity contribution in [3.8, 4) is 11.3 Å². The van der Waals surface area contributed by atoms with Gasteiger partial charge in [-0.15, -0.1) is 0 Å². The summed E-state index contributed by atoms with van der Waals surface area (Å²) in [7, 11) is 1.63. The average Bonchev–Trinajstić information content (AvgIpc) is 2.89. The first-order valence-corrected chi connectivity index (χ1v) is 12.2. The van der Waals surface area contributed by atoms with Crippen molar-refractivity contribution in [2.75, 3.05) is 61.1 Å². The number of alkyl halides is 3. The quantitative estimate of drug-likeness (QED) is 0.309. The molecule has 3 aromatic rings. The van der Waals surface area contributed by atoms with Crippen LogP contribution in [-0.2, 0) is 15.7 Å². The fraction of sp³-hybridized carbons (Fsp3) is 0.360. The van der Waals surface area contributed by atoms with Crippen LogP contribution in [0.15, 0.2) is 42.6 Å². The highest BCUT2D eigenvalue weighted by atomic mass is 35.5. The molecule has 0 amide bonds. The zero-order valence-corrected chi connectivity index (χ0v) is 21.4. The largest absolute Gasteiger partial charge is 0.465 e. The summed E-state index contributed by atoms with van der Waals surface area (Å²) in [4.78, 5) is 30.2. The van der Waals surface area contributed by atoms with Crippen molar-refractivity contribution in [3.05, 3.63) is 59.0 Å². The number of benzene rings is 1. The summed E-state index contributed by atoms with van der Waals surface area (Å²) in [5.41, 5.74) is 0.190. The van der Waals surface area contributed by atoms with E-state index in [1.165, 1.54) is 35.4 Å². The molecule has 13 heteroatoms. The summed E-state index contributed by atoms with van der Waals surface area (Å²) in [5, 5.41) is -0.0754. The van der Waals surface area contributed by atoms with Crippen LogP contribution in [0.2, 0.25) is 5.02 Å². The summed E-state index contributed by atoms with van der Waals surface area (Å²) >= 11 is 5.99. The Balaban J connectivity index is 1.62. The summed E-state index contributed by atoms with van der Waals surface area (Å²) < 4.78 is 59.3. The standard InChI is InChI=1S/C25H25ClF4N6O2/c1-3-38-22(37)15-34(2)24-32-20(16-6-7-19(27)18(26)13-16)14-21(33-24)35-9-11-36(12-10-35)23-17(25(28,29)30)5-4-8-31-23/h4-8,13-14H,3,9-12,15H2,1-2H3. The van der Waals surface area contributed by atoms with Crippen LogP contribution in [-0.4, -0.2) is 67.3 Å². The number of rotatable bonds is 7. The molecule has 202 valence electrons. The van der Waals surface area contributed by atoms with E-state index in [2.05, 4.69) is 15.0 Å². The van der Waals surface area contributed by atoms with E-state index in [1.807, 2.05) is 4.90 Å². The van der Waals surface area contributed by atoms with Gasteiger partial charge < -0.3 is 19.4 Å². The molecule has 1 aromatic carbocycles. The van der Waals surface area contributed by atoms with Gasteiger partial charge in [-0.3, -0.25) is 4.79 Å². The summed E-state index contributed by atoms with van der Waals surface area (Å²) in [6.45, 7) is 3.09. The third-order valence-electron chi connectivity index (χ3n) is 5.92. The molecule has 3 heterocycles. The van der Waals surface area contributed by atoms with Crippen LogP contribution in [0.5, 0.6) is 0 Å². The highest BCUT2D eigenvalue weighted by Crippen LogP contribution is 2.36. The van der Waals surface area contributed by atoms with Crippen molar-refractivity contribution in [2.45, 2.75) is 13.1 Å². The van der Waals surface area contributed by atoms with E-state index in [9.17, 15) is 22.4 Å². The molecule has 0 radical (unpaired) electrons. The average molecular weight is 553 g/mol. The normalized spacial score (nSPS) is 14.0. The van der Waals surface area contributed by atoms with E-state index in [0.29, 0.717) is 30.2 Å². The van der Waals surface area contributed by atoms with Crippen molar-refractivity contribution in [1.29, 1.82) is 0 Å². The molecule has 1 saturated heterocycles. The van der Waals surface area contributed by atoms with Crippen molar-refractivity contribution in [1.82, 2.24) is 15.0 Å². The van der Waals surface area contributed by atoms with Gasteiger partial charge in [-0.25, -0.2) is 14.4 Å². The molecule has 0 atom stereocenters.